The molecule has 1 fully saturated rings. The normalized spacial score (nSPS) is 26.9. The second kappa shape index (κ2) is 13.3. The molecule has 0 bridgehead atoms. The van der Waals surface area contributed by atoms with E-state index in [1.54, 1.807) is 27.7 Å². The van der Waals surface area contributed by atoms with E-state index in [2.05, 4.69) is 9.82 Å². The number of nitrogens with zero attached hydrogens (tertiary/aromatic N) is 1. The van der Waals surface area contributed by atoms with Crippen LogP contribution >= 0.6 is 7.75 Å². The first-order valence-electron chi connectivity index (χ1n) is 12.1. The summed E-state index contributed by atoms with van der Waals surface area (Å²) < 4.78 is 59.1. The van der Waals surface area contributed by atoms with E-state index < -0.39 is 93.0 Å². The number of hydrogen-bond acceptors (Lipinski definition) is 13. The van der Waals surface area contributed by atoms with E-state index in [9.17, 15) is 38.3 Å². The van der Waals surface area contributed by atoms with Gasteiger partial charge in [0, 0.05) is 12.3 Å². The third-order valence-electron chi connectivity index (χ3n) is 5.50. The molecule has 16 nitrogen and oxygen atoms in total. The summed E-state index contributed by atoms with van der Waals surface area (Å²) in [6, 6.07) is -0.380. The van der Waals surface area contributed by atoms with Crippen LogP contribution in [0.4, 0.5) is 9.18 Å². The van der Waals surface area contributed by atoms with Crippen LogP contribution in [0.1, 0.15) is 47.8 Å². The zero-order valence-corrected chi connectivity index (χ0v) is 23.7. The van der Waals surface area contributed by atoms with Crippen LogP contribution in [0.2, 0.25) is 0 Å². The number of carbonyl (C=O) groups is 2. The number of halogens is 1. The van der Waals surface area contributed by atoms with Crippen molar-refractivity contribution in [1.82, 2.24) is 14.6 Å². The first-order valence-corrected chi connectivity index (χ1v) is 13.7. The van der Waals surface area contributed by atoms with Gasteiger partial charge in [-0.1, -0.05) is 0 Å². The van der Waals surface area contributed by atoms with Crippen LogP contribution in [-0.4, -0.2) is 87.5 Å². The minimum absolute atomic E-state index is 0.528. The Bertz CT molecular complexity index is 1200. The van der Waals surface area contributed by atoms with Gasteiger partial charge in [0.05, 0.1) is 18.8 Å². The van der Waals surface area contributed by atoms with E-state index in [0.717, 1.165) is 19.2 Å². The summed E-state index contributed by atoms with van der Waals surface area (Å²) in [7, 11) is -4.69. The van der Waals surface area contributed by atoms with Gasteiger partial charge in [-0.3, -0.25) is 28.2 Å². The van der Waals surface area contributed by atoms with Crippen molar-refractivity contribution in [3.8, 4) is 0 Å². The van der Waals surface area contributed by atoms with Gasteiger partial charge in [-0.2, -0.15) is 0 Å². The van der Waals surface area contributed by atoms with Gasteiger partial charge in [0.1, 0.15) is 24.4 Å². The van der Waals surface area contributed by atoms with Crippen molar-refractivity contribution in [2.45, 2.75) is 83.3 Å². The fraction of sp³-hybridized carbons (Fsp3) is 0.727. The number of nitrogens with one attached hydrogen (secondary N) is 2. The number of carbonyl (C=O) groups excluding carboxylic acids is 2. The van der Waals surface area contributed by atoms with E-state index in [4.69, 9.17) is 23.3 Å². The van der Waals surface area contributed by atoms with Crippen molar-refractivity contribution in [3.05, 3.63) is 33.1 Å². The number of aliphatic hydroxyl groups is 2. The van der Waals surface area contributed by atoms with Gasteiger partial charge >= 0.3 is 25.6 Å². The van der Waals surface area contributed by atoms with Gasteiger partial charge < -0.3 is 29.2 Å². The monoisotopic (exact) mass is 599 g/mol. The molecular weight excluding hydrogens is 564 g/mol. The molecule has 0 spiro atoms. The van der Waals surface area contributed by atoms with E-state index in [-0.39, 0.29) is 0 Å². The molecule has 0 aromatic carbocycles. The van der Waals surface area contributed by atoms with Crippen molar-refractivity contribution < 1.29 is 56.8 Å². The van der Waals surface area contributed by atoms with E-state index in [1.165, 1.54) is 6.92 Å². The Hall–Kier alpha value is -2.66. The van der Waals surface area contributed by atoms with Gasteiger partial charge in [-0.05, 0) is 41.5 Å². The zero-order chi connectivity index (χ0) is 30.5. The summed E-state index contributed by atoms with van der Waals surface area (Å²) in [5.41, 5.74) is -6.54. The molecule has 228 valence electrons. The van der Waals surface area contributed by atoms with E-state index in [1.807, 2.05) is 4.98 Å². The molecule has 1 aromatic heterocycles. The number of H-pyrrole nitrogens is 1. The Balaban J connectivity index is 2.30. The molecular formula is C22H35FN3O13P. The van der Waals surface area contributed by atoms with Crippen LogP contribution in [0.3, 0.4) is 0 Å². The van der Waals surface area contributed by atoms with E-state index >= 15 is 0 Å². The summed E-state index contributed by atoms with van der Waals surface area (Å²) >= 11 is 0. The van der Waals surface area contributed by atoms with Gasteiger partial charge in [0.2, 0.25) is 6.79 Å². The predicted octanol–water partition coefficient (Wildman–Crippen LogP) is 0.476. The second-order valence-electron chi connectivity index (χ2n) is 9.73. The maximum atomic E-state index is 14.5. The summed E-state index contributed by atoms with van der Waals surface area (Å²) in [4.78, 5) is 49.6. The number of hydrogen-bond donors (Lipinski definition) is 4. The number of aromatic nitrogens is 2. The lowest BCUT2D eigenvalue weighted by Gasteiger charge is -2.32. The highest BCUT2D eigenvalue weighted by Crippen LogP contribution is 2.49. The lowest BCUT2D eigenvalue weighted by Crippen LogP contribution is -2.53. The van der Waals surface area contributed by atoms with Crippen LogP contribution in [0, 0.1) is 0 Å². The highest BCUT2D eigenvalue weighted by atomic mass is 31.2. The number of ether oxygens (including phenoxy) is 4. The molecule has 0 aliphatic carbocycles. The molecule has 4 N–H and O–H groups in total. The quantitative estimate of drug-likeness (QED) is 0.138. The predicted molar refractivity (Wildman–Crippen MR) is 133 cm³/mol. The maximum absolute atomic E-state index is 14.5. The Morgan fingerprint density at radius 3 is 2.38 bits per heavy atom. The topological polar surface area (TPSA) is 214 Å². The molecule has 0 radical (unpaired) electrons. The SMILES string of the molecule is CC(C)OC(=O)OCOP(=O)(NC(C)C(=O)OC(C)C)OCC1(CF)OC(n2ccc(=O)[nH]c2=O)C(C)(O)C1O. The number of esters is 1. The maximum Gasteiger partial charge on any atom is 0.510 e. The number of aliphatic hydroxyl groups excluding tert-OH is 1. The van der Waals surface area contributed by atoms with Crippen molar-refractivity contribution in [2.24, 2.45) is 0 Å². The van der Waals surface area contributed by atoms with Crippen molar-refractivity contribution >= 4 is 19.9 Å². The third kappa shape index (κ3) is 8.19. The summed E-state index contributed by atoms with van der Waals surface area (Å²) in [6.07, 6.45) is -5.09. The largest absolute Gasteiger partial charge is 0.510 e. The summed E-state index contributed by atoms with van der Waals surface area (Å²) in [6.45, 7) is 4.95. The Morgan fingerprint density at radius 1 is 1.20 bits per heavy atom. The molecule has 1 saturated heterocycles. The van der Waals surface area contributed by atoms with Gasteiger partial charge in [0.25, 0.3) is 5.56 Å². The van der Waals surface area contributed by atoms with Crippen LogP contribution in [0.25, 0.3) is 0 Å². The summed E-state index contributed by atoms with van der Waals surface area (Å²) in [5.74, 6) is -0.861. The average molecular weight is 600 g/mol. The highest BCUT2D eigenvalue weighted by Gasteiger charge is 2.63. The van der Waals surface area contributed by atoms with Gasteiger partial charge in [0.15, 0.2) is 11.8 Å². The third-order valence-corrected chi connectivity index (χ3v) is 7.11. The Labute approximate surface area is 228 Å². The number of alkyl halides is 1. The minimum atomic E-state index is -4.69. The molecule has 0 saturated carbocycles. The highest BCUT2D eigenvalue weighted by molar-refractivity contribution is 7.51. The molecule has 2 heterocycles. The van der Waals surface area contributed by atoms with Gasteiger partial charge in [-0.25, -0.2) is 23.6 Å². The smallest absolute Gasteiger partial charge is 0.462 e. The van der Waals surface area contributed by atoms with Gasteiger partial charge in [-0.15, -0.1) is 0 Å². The molecule has 1 aliphatic heterocycles. The molecule has 6 atom stereocenters. The lowest BCUT2D eigenvalue weighted by atomic mass is 9.88. The summed E-state index contributed by atoms with van der Waals surface area (Å²) in [5, 5.41) is 24.1. The fourth-order valence-corrected chi connectivity index (χ4v) is 4.96. The van der Waals surface area contributed by atoms with Crippen molar-refractivity contribution in [2.75, 3.05) is 20.1 Å². The van der Waals surface area contributed by atoms with Crippen LogP contribution < -0.4 is 16.3 Å². The molecule has 0 amide bonds. The second-order valence-corrected chi connectivity index (χ2v) is 11.5. The number of aromatic amines is 1. The van der Waals surface area contributed by atoms with Crippen LogP contribution in [0.5, 0.6) is 0 Å². The molecule has 1 aromatic rings. The zero-order valence-electron chi connectivity index (χ0n) is 22.8. The molecule has 2 rings (SSSR count). The van der Waals surface area contributed by atoms with Crippen molar-refractivity contribution in [3.63, 3.8) is 0 Å². The molecule has 1 aliphatic rings. The van der Waals surface area contributed by atoms with Crippen molar-refractivity contribution in [1.29, 1.82) is 0 Å². The average Bonchev–Trinajstić information content (AvgIpc) is 3.03. The first kappa shape index (κ1) is 33.5. The first-order chi connectivity index (χ1) is 18.5. The lowest BCUT2D eigenvalue weighted by molar-refractivity contribution is -0.149. The Morgan fingerprint density at radius 2 is 1.82 bits per heavy atom. The van der Waals surface area contributed by atoms with Crippen LogP contribution in [0.15, 0.2) is 21.9 Å². The number of rotatable bonds is 13. The fourth-order valence-electron chi connectivity index (χ4n) is 3.58. The van der Waals surface area contributed by atoms with Crippen LogP contribution in [-0.2, 0) is 37.4 Å². The Kier molecular flexibility index (Phi) is 11.2. The minimum Gasteiger partial charge on any atom is -0.462 e. The van der Waals surface area contributed by atoms with E-state index in [0.29, 0.717) is 4.57 Å². The molecule has 18 heteroatoms. The standard InChI is InChI=1S/C22H35FN3O13P/c1-12(2)37-16(28)14(5)25-40(33,36-11-34-20(31)38-13(3)4)35-10-22(9-23)17(29)21(6,32)18(39-22)26-8-7-15(27)24-19(26)30/h7-8,12-14,17-18,29,32H,9-11H2,1-6H3,(H,25,33)(H,24,27,30). The molecule has 6 unspecified atom stereocenters. The molecule has 40 heavy (non-hydrogen) atoms.